The first-order valence-corrected chi connectivity index (χ1v) is 11.8. The number of nitrogens with zero attached hydrogens (tertiary/aromatic N) is 4. The lowest BCUT2D eigenvalue weighted by Gasteiger charge is -2.35. The maximum atomic E-state index is 13.2. The van der Waals surface area contributed by atoms with Gasteiger partial charge < -0.3 is 10.2 Å². The van der Waals surface area contributed by atoms with Crippen molar-refractivity contribution in [1.29, 1.82) is 0 Å². The zero-order valence-electron chi connectivity index (χ0n) is 20.1. The lowest BCUT2D eigenvalue weighted by molar-refractivity contribution is -0.142. The van der Waals surface area contributed by atoms with Gasteiger partial charge in [0.1, 0.15) is 5.56 Å². The van der Waals surface area contributed by atoms with Crippen molar-refractivity contribution >= 4 is 17.5 Å². The molecule has 0 radical (unpaired) electrons. The molecule has 4 rings (SSSR count). The highest BCUT2D eigenvalue weighted by Gasteiger charge is 2.56. The van der Waals surface area contributed by atoms with E-state index >= 15 is 0 Å². The molecule has 3 heterocycles. The first-order valence-electron chi connectivity index (χ1n) is 11.8. The normalized spacial score (nSPS) is 18.7. The van der Waals surface area contributed by atoms with Gasteiger partial charge in [-0.3, -0.25) is 14.4 Å². The second-order valence-electron chi connectivity index (χ2n) is 9.46. The number of nitrogens with one attached hydrogen (secondary N) is 3. The van der Waals surface area contributed by atoms with Crippen LogP contribution >= 0.6 is 0 Å². The lowest BCUT2D eigenvalue weighted by atomic mass is 9.81. The minimum atomic E-state index is -4.89. The summed E-state index contributed by atoms with van der Waals surface area (Å²) in [5.74, 6) is -0.119. The quantitative estimate of drug-likeness (QED) is 0.339. The van der Waals surface area contributed by atoms with Gasteiger partial charge in [-0.05, 0) is 38.5 Å². The Labute approximate surface area is 212 Å². The number of hydroxylamine groups is 1. The van der Waals surface area contributed by atoms with E-state index in [1.54, 1.807) is 10.00 Å². The van der Waals surface area contributed by atoms with Crippen molar-refractivity contribution in [2.45, 2.75) is 51.0 Å². The lowest BCUT2D eigenvalue weighted by Crippen LogP contribution is -2.43. The molecule has 0 aromatic carbocycles. The number of anilines is 2. The summed E-state index contributed by atoms with van der Waals surface area (Å²) in [5, 5.41) is 7.65. The molecular weight excluding hydrogens is 524 g/mol. The largest absolute Gasteiger partial charge is 0.423 e. The molecule has 2 aromatic rings. The number of alkyl halides is 6. The third-order valence-electron chi connectivity index (χ3n) is 6.81. The molecule has 0 unspecified atom stereocenters. The molecule has 2 fully saturated rings. The van der Waals surface area contributed by atoms with Crippen LogP contribution in [-0.2, 0) is 22.0 Å². The van der Waals surface area contributed by atoms with E-state index in [4.69, 9.17) is 4.84 Å². The maximum absolute atomic E-state index is 13.2. The molecule has 2 aromatic heterocycles. The van der Waals surface area contributed by atoms with Gasteiger partial charge in [0.05, 0.1) is 29.5 Å². The minimum Gasteiger partial charge on any atom is -0.378 e. The van der Waals surface area contributed by atoms with Crippen molar-refractivity contribution in [1.82, 2.24) is 25.6 Å². The van der Waals surface area contributed by atoms with Crippen LogP contribution in [0.2, 0.25) is 0 Å². The SMILES string of the molecule is C[C@@H](CONC(=O)C1(C2CCN(c3ncc(C(F)(F)F)cn3)CC2)CC1)Nc1cn[nH]c(=O)c1C(F)(F)F. The van der Waals surface area contributed by atoms with Crippen LogP contribution in [0.1, 0.15) is 43.7 Å². The molecule has 0 spiro atoms. The van der Waals surface area contributed by atoms with E-state index in [0.29, 0.717) is 38.8 Å². The summed E-state index contributed by atoms with van der Waals surface area (Å²) in [5.41, 5.74) is -2.47. The highest BCUT2D eigenvalue weighted by Crippen LogP contribution is 2.55. The fraction of sp³-hybridized carbons (Fsp3) is 0.591. The Morgan fingerprint density at radius 3 is 2.32 bits per heavy atom. The van der Waals surface area contributed by atoms with Gasteiger partial charge in [0.25, 0.3) is 5.56 Å². The first-order chi connectivity index (χ1) is 17.8. The number of hydrogen-bond acceptors (Lipinski definition) is 8. The number of rotatable bonds is 8. The van der Waals surface area contributed by atoms with Crippen LogP contribution in [0.15, 0.2) is 23.4 Å². The molecule has 3 N–H and O–H groups in total. The molecule has 10 nitrogen and oxygen atoms in total. The summed E-state index contributed by atoms with van der Waals surface area (Å²) in [6, 6.07) is -0.706. The third-order valence-corrected chi connectivity index (χ3v) is 6.81. The Hall–Kier alpha value is -3.43. The summed E-state index contributed by atoms with van der Waals surface area (Å²) in [4.78, 5) is 39.1. The molecule has 208 valence electrons. The van der Waals surface area contributed by atoms with Gasteiger partial charge in [0.2, 0.25) is 11.9 Å². The van der Waals surface area contributed by atoms with E-state index in [2.05, 4.69) is 25.9 Å². The molecule has 1 aliphatic carbocycles. The second-order valence-corrected chi connectivity index (χ2v) is 9.46. The zero-order valence-corrected chi connectivity index (χ0v) is 20.1. The van der Waals surface area contributed by atoms with Crippen LogP contribution in [0.25, 0.3) is 0 Å². The number of H-pyrrole nitrogens is 1. The van der Waals surface area contributed by atoms with Gasteiger partial charge in [0, 0.05) is 31.5 Å². The Bertz CT molecular complexity index is 1190. The molecule has 1 atom stereocenters. The predicted molar refractivity (Wildman–Crippen MR) is 121 cm³/mol. The monoisotopic (exact) mass is 549 g/mol. The summed E-state index contributed by atoms with van der Waals surface area (Å²) < 4.78 is 77.7. The van der Waals surface area contributed by atoms with Crippen molar-refractivity contribution in [2.75, 3.05) is 29.9 Å². The second kappa shape index (κ2) is 10.4. The molecule has 16 heteroatoms. The van der Waals surface area contributed by atoms with E-state index in [1.807, 2.05) is 0 Å². The number of amides is 1. The zero-order chi connectivity index (χ0) is 27.7. The van der Waals surface area contributed by atoms with E-state index < -0.39 is 46.2 Å². The predicted octanol–water partition coefficient (Wildman–Crippen LogP) is 3.14. The van der Waals surface area contributed by atoms with Gasteiger partial charge in [-0.1, -0.05) is 0 Å². The minimum absolute atomic E-state index is 0.0174. The summed E-state index contributed by atoms with van der Waals surface area (Å²) in [6.45, 7) is 2.27. The van der Waals surface area contributed by atoms with Crippen molar-refractivity contribution < 1.29 is 36.0 Å². The number of carbonyl (C=O) groups is 1. The van der Waals surface area contributed by atoms with E-state index in [0.717, 1.165) is 18.6 Å². The molecule has 1 saturated heterocycles. The molecular formula is C22H25F6N7O3. The van der Waals surface area contributed by atoms with Crippen LogP contribution in [-0.4, -0.2) is 51.8 Å². The van der Waals surface area contributed by atoms with Crippen LogP contribution in [0.5, 0.6) is 0 Å². The Morgan fingerprint density at radius 1 is 1.13 bits per heavy atom. The number of piperidine rings is 1. The molecule has 38 heavy (non-hydrogen) atoms. The average Bonchev–Trinajstić information content (AvgIpc) is 3.65. The van der Waals surface area contributed by atoms with Crippen molar-refractivity contribution in [2.24, 2.45) is 11.3 Å². The molecule has 1 amide bonds. The Balaban J connectivity index is 1.26. The number of hydrogen-bond donors (Lipinski definition) is 3. The Morgan fingerprint density at radius 2 is 1.76 bits per heavy atom. The van der Waals surface area contributed by atoms with Crippen LogP contribution in [0, 0.1) is 11.3 Å². The van der Waals surface area contributed by atoms with E-state index in [1.165, 1.54) is 6.92 Å². The summed E-state index contributed by atoms with van der Waals surface area (Å²) in [6.07, 6.45) is -4.58. The first kappa shape index (κ1) is 27.6. The van der Waals surface area contributed by atoms with E-state index in [9.17, 15) is 35.9 Å². The van der Waals surface area contributed by atoms with Gasteiger partial charge in [0.15, 0.2) is 0 Å². The smallest absolute Gasteiger partial charge is 0.378 e. The van der Waals surface area contributed by atoms with Crippen molar-refractivity contribution in [3.63, 3.8) is 0 Å². The number of carbonyl (C=O) groups excluding carboxylic acids is 1. The molecule has 1 aliphatic heterocycles. The summed E-state index contributed by atoms with van der Waals surface area (Å²) in [7, 11) is 0. The van der Waals surface area contributed by atoms with Crippen LogP contribution < -0.4 is 21.3 Å². The number of halogens is 6. The highest BCUT2D eigenvalue weighted by atomic mass is 19.4. The van der Waals surface area contributed by atoms with Gasteiger partial charge in [-0.15, -0.1) is 0 Å². The standard InChI is InChI=1S/C22H25F6N7O3/c1-12(32-15-10-31-33-17(36)16(15)22(26,27)28)11-38-34-18(37)20(4-5-20)13-2-6-35(7-3-13)19-29-8-14(9-30-19)21(23,24)25/h8-10,12-13H,2-7,11H2,1H3,(H,34,37)(H2,32,33,36)/t12-/m0/s1. The van der Waals surface area contributed by atoms with Gasteiger partial charge in [-0.25, -0.2) is 20.5 Å². The fourth-order valence-electron chi connectivity index (χ4n) is 4.65. The van der Waals surface area contributed by atoms with E-state index in [-0.39, 0.29) is 24.4 Å². The fourth-order valence-corrected chi connectivity index (χ4v) is 4.65. The topological polar surface area (TPSA) is 125 Å². The maximum Gasteiger partial charge on any atom is 0.423 e. The van der Waals surface area contributed by atoms with Crippen molar-refractivity contribution in [3.05, 3.63) is 40.1 Å². The van der Waals surface area contributed by atoms with Crippen molar-refractivity contribution in [3.8, 4) is 0 Å². The number of aromatic nitrogens is 4. The number of aromatic amines is 1. The van der Waals surface area contributed by atoms with Gasteiger partial charge >= 0.3 is 12.4 Å². The highest BCUT2D eigenvalue weighted by molar-refractivity contribution is 5.84. The average molecular weight is 549 g/mol. The summed E-state index contributed by atoms with van der Waals surface area (Å²) >= 11 is 0. The Kier molecular flexibility index (Phi) is 7.54. The van der Waals surface area contributed by atoms with Crippen LogP contribution in [0.4, 0.5) is 38.0 Å². The molecule has 0 bridgehead atoms. The molecule has 2 aliphatic rings. The third kappa shape index (κ3) is 6.00. The van der Waals surface area contributed by atoms with Gasteiger partial charge in [-0.2, -0.15) is 31.4 Å². The van der Waals surface area contributed by atoms with Crippen LogP contribution in [0.3, 0.4) is 0 Å². The molecule has 1 saturated carbocycles.